The van der Waals surface area contributed by atoms with Crippen molar-refractivity contribution in [2.75, 3.05) is 0 Å². The van der Waals surface area contributed by atoms with Gasteiger partial charge in [-0.15, -0.1) is 10.2 Å². The number of rotatable bonds is 4. The summed E-state index contributed by atoms with van der Waals surface area (Å²) in [4.78, 5) is 0. The average Bonchev–Trinajstić information content (AvgIpc) is 3.22. The first-order chi connectivity index (χ1) is 11.4. The van der Waals surface area contributed by atoms with Gasteiger partial charge in [-0.25, -0.2) is 9.36 Å². The van der Waals surface area contributed by atoms with Gasteiger partial charge in [0.05, 0.1) is 0 Å². The van der Waals surface area contributed by atoms with E-state index in [0.29, 0.717) is 13.1 Å². The fourth-order valence-corrected chi connectivity index (χ4v) is 2.57. The average molecular weight is 326 g/mol. The van der Waals surface area contributed by atoms with Crippen molar-refractivity contribution >= 4 is 0 Å². The van der Waals surface area contributed by atoms with Crippen LogP contribution in [0.1, 0.15) is 40.2 Å². The molecule has 0 spiro atoms. The molecule has 2 aromatic heterocycles. The van der Waals surface area contributed by atoms with Gasteiger partial charge in [0.15, 0.2) is 11.6 Å². The maximum atomic E-state index is 4.19. The van der Waals surface area contributed by atoms with Crippen LogP contribution in [0.4, 0.5) is 0 Å². The highest BCUT2D eigenvalue weighted by atomic mass is 15.5. The quantitative estimate of drug-likeness (QED) is 0.731. The Kier molecular flexibility index (Phi) is 4.13. The van der Waals surface area contributed by atoms with Crippen LogP contribution in [0.3, 0.4) is 0 Å². The van der Waals surface area contributed by atoms with Crippen molar-refractivity contribution in [1.82, 2.24) is 40.4 Å². The Hall–Kier alpha value is -2.64. The van der Waals surface area contributed by atoms with Crippen LogP contribution in [0.25, 0.3) is 22.8 Å². The molecule has 0 aliphatic carbocycles. The lowest BCUT2D eigenvalue weighted by Crippen LogP contribution is -2.12. The second-order valence-corrected chi connectivity index (χ2v) is 6.69. The molecule has 3 aromatic rings. The van der Waals surface area contributed by atoms with E-state index >= 15 is 0 Å². The standard InChI is InChI=1S/C16H22N8/c1-6-23-14(17-19-21-23)11-8-12(10-13(9-11)16(3,4)5)15-18-20-22-24(15)7-2/h8-10H,6-7H2,1-5H3. The summed E-state index contributed by atoms with van der Waals surface area (Å²) in [6, 6.07) is 6.33. The Morgan fingerprint density at radius 1 is 0.792 bits per heavy atom. The molecule has 0 amide bonds. The van der Waals surface area contributed by atoms with Crippen LogP contribution in [0.5, 0.6) is 0 Å². The van der Waals surface area contributed by atoms with Crippen LogP contribution in [0, 0.1) is 0 Å². The van der Waals surface area contributed by atoms with Gasteiger partial charge in [-0.05, 0) is 63.9 Å². The van der Waals surface area contributed by atoms with Crippen LogP contribution >= 0.6 is 0 Å². The van der Waals surface area contributed by atoms with Gasteiger partial charge in [0.2, 0.25) is 0 Å². The van der Waals surface area contributed by atoms with Crippen molar-refractivity contribution in [2.24, 2.45) is 0 Å². The number of hydrogen-bond donors (Lipinski definition) is 0. The van der Waals surface area contributed by atoms with E-state index in [1.165, 1.54) is 5.56 Å². The van der Waals surface area contributed by atoms with Crippen LogP contribution in [0.2, 0.25) is 0 Å². The third kappa shape index (κ3) is 2.91. The molecule has 2 heterocycles. The lowest BCUT2D eigenvalue weighted by Gasteiger charge is -2.21. The molecule has 0 radical (unpaired) electrons. The predicted molar refractivity (Wildman–Crippen MR) is 90.1 cm³/mol. The molecule has 3 rings (SSSR count). The Balaban J connectivity index is 2.22. The minimum atomic E-state index is -0.0141. The van der Waals surface area contributed by atoms with Gasteiger partial charge in [0.1, 0.15) is 0 Å². The number of aryl methyl sites for hydroxylation is 2. The molecule has 0 bridgehead atoms. The molecule has 0 aliphatic heterocycles. The van der Waals surface area contributed by atoms with Gasteiger partial charge >= 0.3 is 0 Å². The maximum Gasteiger partial charge on any atom is 0.182 e. The van der Waals surface area contributed by atoms with E-state index in [-0.39, 0.29) is 5.41 Å². The van der Waals surface area contributed by atoms with Crippen molar-refractivity contribution < 1.29 is 0 Å². The van der Waals surface area contributed by atoms with E-state index in [1.54, 1.807) is 9.36 Å². The van der Waals surface area contributed by atoms with E-state index in [4.69, 9.17) is 0 Å². The number of nitrogens with zero attached hydrogens (tertiary/aromatic N) is 8. The summed E-state index contributed by atoms with van der Waals surface area (Å²) in [5.41, 5.74) is 3.11. The minimum Gasteiger partial charge on any atom is -0.226 e. The van der Waals surface area contributed by atoms with Crippen molar-refractivity contribution in [2.45, 2.75) is 53.1 Å². The zero-order valence-corrected chi connectivity index (χ0v) is 14.7. The third-order valence-corrected chi connectivity index (χ3v) is 3.98. The van der Waals surface area contributed by atoms with Gasteiger partial charge in [-0.1, -0.05) is 20.8 Å². The Bertz CT molecular complexity index is 779. The highest BCUT2D eigenvalue weighted by Crippen LogP contribution is 2.31. The Morgan fingerprint density at radius 2 is 1.25 bits per heavy atom. The van der Waals surface area contributed by atoms with Crippen LogP contribution < -0.4 is 0 Å². The van der Waals surface area contributed by atoms with Crippen molar-refractivity contribution in [3.05, 3.63) is 23.8 Å². The molecule has 0 fully saturated rings. The molecule has 0 saturated heterocycles. The molecule has 0 unspecified atom stereocenters. The summed E-state index contributed by atoms with van der Waals surface area (Å²) < 4.78 is 3.57. The van der Waals surface area contributed by atoms with E-state index < -0.39 is 0 Å². The van der Waals surface area contributed by atoms with Crippen molar-refractivity contribution in [3.63, 3.8) is 0 Å². The summed E-state index contributed by atoms with van der Waals surface area (Å²) in [6.07, 6.45) is 0. The molecule has 126 valence electrons. The van der Waals surface area contributed by atoms with E-state index in [1.807, 2.05) is 19.9 Å². The Labute approximate surface area is 140 Å². The first-order valence-corrected chi connectivity index (χ1v) is 8.12. The number of tetrazole rings is 2. The highest BCUT2D eigenvalue weighted by Gasteiger charge is 2.20. The number of aromatic nitrogens is 8. The molecule has 0 aliphatic rings. The zero-order valence-electron chi connectivity index (χ0n) is 14.7. The molecule has 0 saturated carbocycles. The zero-order chi connectivity index (χ0) is 17.3. The molecule has 0 atom stereocenters. The monoisotopic (exact) mass is 326 g/mol. The highest BCUT2D eigenvalue weighted by molar-refractivity contribution is 5.68. The molecular weight excluding hydrogens is 304 g/mol. The van der Waals surface area contributed by atoms with Gasteiger partial charge in [0, 0.05) is 24.2 Å². The number of benzene rings is 1. The predicted octanol–water partition coefficient (Wildman–Crippen LogP) is 2.33. The van der Waals surface area contributed by atoms with Crippen molar-refractivity contribution in [3.8, 4) is 22.8 Å². The third-order valence-electron chi connectivity index (χ3n) is 3.98. The second kappa shape index (κ2) is 6.10. The molecule has 24 heavy (non-hydrogen) atoms. The van der Waals surface area contributed by atoms with Crippen LogP contribution in [-0.2, 0) is 18.5 Å². The van der Waals surface area contributed by atoms with Gasteiger partial charge < -0.3 is 0 Å². The minimum absolute atomic E-state index is 0.0141. The summed E-state index contributed by atoms with van der Waals surface area (Å²) >= 11 is 0. The summed E-state index contributed by atoms with van der Waals surface area (Å²) in [5, 5.41) is 24.1. The van der Waals surface area contributed by atoms with Gasteiger partial charge in [-0.3, -0.25) is 0 Å². The van der Waals surface area contributed by atoms with E-state index in [9.17, 15) is 0 Å². The summed E-state index contributed by atoms with van der Waals surface area (Å²) in [7, 11) is 0. The SMILES string of the molecule is CCn1nnnc1-c1cc(-c2nnnn2CC)cc(C(C)(C)C)c1. The van der Waals surface area contributed by atoms with E-state index in [2.05, 4.69) is 64.0 Å². The molecule has 1 aromatic carbocycles. The van der Waals surface area contributed by atoms with Gasteiger partial charge in [-0.2, -0.15) is 0 Å². The lowest BCUT2D eigenvalue weighted by atomic mass is 9.85. The van der Waals surface area contributed by atoms with Crippen LogP contribution in [-0.4, -0.2) is 40.4 Å². The summed E-state index contributed by atoms with van der Waals surface area (Å²) in [5.74, 6) is 1.50. The summed E-state index contributed by atoms with van der Waals surface area (Å²) in [6.45, 7) is 12.0. The number of hydrogen-bond acceptors (Lipinski definition) is 6. The first kappa shape index (κ1) is 16.2. The smallest absolute Gasteiger partial charge is 0.182 e. The fraction of sp³-hybridized carbons (Fsp3) is 0.500. The largest absolute Gasteiger partial charge is 0.226 e. The second-order valence-electron chi connectivity index (χ2n) is 6.69. The topological polar surface area (TPSA) is 87.2 Å². The normalized spacial score (nSPS) is 11.9. The van der Waals surface area contributed by atoms with E-state index in [0.717, 1.165) is 22.8 Å². The maximum absolute atomic E-state index is 4.19. The molecule has 8 heteroatoms. The molecular formula is C16H22N8. The lowest BCUT2D eigenvalue weighted by molar-refractivity contribution is 0.589. The fourth-order valence-electron chi connectivity index (χ4n) is 2.57. The van der Waals surface area contributed by atoms with Crippen LogP contribution in [0.15, 0.2) is 18.2 Å². The van der Waals surface area contributed by atoms with Gasteiger partial charge in [0.25, 0.3) is 0 Å². The first-order valence-electron chi connectivity index (χ1n) is 8.12. The van der Waals surface area contributed by atoms with Crippen molar-refractivity contribution in [1.29, 1.82) is 0 Å². The molecule has 8 nitrogen and oxygen atoms in total. The molecule has 0 N–H and O–H groups in total. The Morgan fingerprint density at radius 3 is 1.62 bits per heavy atom.